The van der Waals surface area contributed by atoms with Gasteiger partial charge in [-0.25, -0.2) is 8.42 Å². The predicted molar refractivity (Wildman–Crippen MR) is 94.0 cm³/mol. The molecule has 5 nitrogen and oxygen atoms in total. The summed E-state index contributed by atoms with van der Waals surface area (Å²) >= 11 is 3.28. The smallest absolute Gasteiger partial charge is 0.263 e. The molecule has 0 heterocycles. The minimum atomic E-state index is -3.77. The molecule has 0 atom stereocenters. The van der Waals surface area contributed by atoms with E-state index in [0.717, 1.165) is 11.1 Å². The molecule has 0 saturated heterocycles. The van der Waals surface area contributed by atoms with Gasteiger partial charge in [-0.3, -0.25) is 4.72 Å². The molecule has 0 aliphatic carbocycles. The zero-order chi connectivity index (χ0) is 17.2. The van der Waals surface area contributed by atoms with Crippen molar-refractivity contribution in [3.63, 3.8) is 0 Å². The van der Waals surface area contributed by atoms with Crippen LogP contribution >= 0.6 is 15.9 Å². The minimum absolute atomic E-state index is 0.0788. The average Bonchev–Trinajstić information content (AvgIpc) is 2.49. The van der Waals surface area contributed by atoms with Crippen LogP contribution in [0.3, 0.4) is 0 Å². The monoisotopic (exact) mass is 399 g/mol. The standard InChI is InChI=1S/C16H18BrNO4S/c1-10-5-6-13(11(2)7-10)18-23(19,20)16-9-15(22-4)14(21-3)8-12(16)17/h5-9,18H,1-4H3. The molecule has 0 aromatic heterocycles. The van der Waals surface area contributed by atoms with Gasteiger partial charge >= 0.3 is 0 Å². The first-order chi connectivity index (χ1) is 10.8. The van der Waals surface area contributed by atoms with E-state index in [4.69, 9.17) is 9.47 Å². The third-order valence-electron chi connectivity index (χ3n) is 3.35. The number of halogens is 1. The zero-order valence-corrected chi connectivity index (χ0v) is 15.7. The number of aryl methyl sites for hydroxylation is 2. The van der Waals surface area contributed by atoms with Crippen molar-refractivity contribution in [3.05, 3.63) is 45.9 Å². The zero-order valence-electron chi connectivity index (χ0n) is 13.3. The Kier molecular flexibility index (Phi) is 5.21. The largest absolute Gasteiger partial charge is 0.493 e. The minimum Gasteiger partial charge on any atom is -0.493 e. The first-order valence-electron chi connectivity index (χ1n) is 6.80. The number of ether oxygens (including phenoxy) is 2. The average molecular weight is 400 g/mol. The van der Waals surface area contributed by atoms with E-state index in [1.807, 2.05) is 26.0 Å². The summed E-state index contributed by atoms with van der Waals surface area (Å²) in [6, 6.07) is 8.51. The molecule has 0 radical (unpaired) electrons. The van der Waals surface area contributed by atoms with Crippen LogP contribution in [0.4, 0.5) is 5.69 Å². The Bertz CT molecular complexity index is 834. The molecule has 2 aromatic rings. The summed E-state index contributed by atoms with van der Waals surface area (Å²) in [7, 11) is -0.819. The Morgan fingerprint density at radius 1 is 1.00 bits per heavy atom. The van der Waals surface area contributed by atoms with Crippen LogP contribution in [-0.2, 0) is 10.0 Å². The summed E-state index contributed by atoms with van der Waals surface area (Å²) in [6.07, 6.45) is 0. The normalized spacial score (nSPS) is 11.2. The van der Waals surface area contributed by atoms with Crippen molar-refractivity contribution < 1.29 is 17.9 Å². The Labute approximate surface area is 144 Å². The lowest BCUT2D eigenvalue weighted by Gasteiger charge is -2.15. The van der Waals surface area contributed by atoms with Crippen LogP contribution in [-0.4, -0.2) is 22.6 Å². The lowest BCUT2D eigenvalue weighted by molar-refractivity contribution is 0.353. The first kappa shape index (κ1) is 17.6. The number of hydrogen-bond donors (Lipinski definition) is 1. The van der Waals surface area contributed by atoms with Gasteiger partial charge in [0.1, 0.15) is 4.90 Å². The summed E-state index contributed by atoms with van der Waals surface area (Å²) in [5.41, 5.74) is 2.46. The summed E-state index contributed by atoms with van der Waals surface area (Å²) in [5, 5.41) is 0. The van der Waals surface area contributed by atoms with E-state index >= 15 is 0 Å². The van der Waals surface area contributed by atoms with Crippen molar-refractivity contribution in [2.24, 2.45) is 0 Å². The van der Waals surface area contributed by atoms with Crippen molar-refractivity contribution in [3.8, 4) is 11.5 Å². The highest BCUT2D eigenvalue weighted by Crippen LogP contribution is 2.36. The van der Waals surface area contributed by atoms with Crippen molar-refractivity contribution in [2.45, 2.75) is 18.7 Å². The highest BCUT2D eigenvalue weighted by atomic mass is 79.9. The summed E-state index contributed by atoms with van der Waals surface area (Å²) in [6.45, 7) is 3.81. The maximum Gasteiger partial charge on any atom is 0.263 e. The first-order valence-corrected chi connectivity index (χ1v) is 9.07. The number of rotatable bonds is 5. The third kappa shape index (κ3) is 3.79. The van der Waals surface area contributed by atoms with Crippen LogP contribution in [0.25, 0.3) is 0 Å². The molecule has 0 bridgehead atoms. The number of methoxy groups -OCH3 is 2. The second-order valence-corrected chi connectivity index (χ2v) is 7.57. The van der Waals surface area contributed by atoms with Gasteiger partial charge in [0, 0.05) is 10.5 Å². The fraction of sp³-hybridized carbons (Fsp3) is 0.250. The lowest BCUT2D eigenvalue weighted by atomic mass is 10.1. The van der Waals surface area contributed by atoms with Gasteiger partial charge in [0.25, 0.3) is 10.0 Å². The van der Waals surface area contributed by atoms with E-state index in [-0.39, 0.29) is 4.90 Å². The molecule has 0 amide bonds. The Balaban J connectivity index is 2.47. The van der Waals surface area contributed by atoms with Crippen LogP contribution in [0.15, 0.2) is 39.7 Å². The summed E-state index contributed by atoms with van der Waals surface area (Å²) in [5.74, 6) is 0.793. The van der Waals surface area contributed by atoms with Gasteiger partial charge in [-0.1, -0.05) is 17.7 Å². The van der Waals surface area contributed by atoms with Crippen molar-refractivity contribution in [1.82, 2.24) is 0 Å². The molecule has 0 spiro atoms. The van der Waals surface area contributed by atoms with E-state index < -0.39 is 10.0 Å². The van der Waals surface area contributed by atoms with E-state index in [9.17, 15) is 8.42 Å². The SMILES string of the molecule is COc1cc(Br)c(S(=O)(=O)Nc2ccc(C)cc2C)cc1OC. The van der Waals surface area contributed by atoms with Gasteiger partial charge in [-0.15, -0.1) is 0 Å². The third-order valence-corrected chi connectivity index (χ3v) is 5.68. The summed E-state index contributed by atoms with van der Waals surface area (Å²) in [4.78, 5) is 0.0788. The quantitative estimate of drug-likeness (QED) is 0.827. The molecule has 2 aromatic carbocycles. The lowest BCUT2D eigenvalue weighted by Crippen LogP contribution is -2.14. The second kappa shape index (κ2) is 6.80. The molecule has 2 rings (SSSR count). The van der Waals surface area contributed by atoms with Gasteiger partial charge in [0.15, 0.2) is 11.5 Å². The topological polar surface area (TPSA) is 64.6 Å². The number of nitrogens with one attached hydrogen (secondary N) is 1. The van der Waals surface area contributed by atoms with E-state index in [1.165, 1.54) is 20.3 Å². The van der Waals surface area contributed by atoms with E-state index in [1.54, 1.807) is 12.1 Å². The fourth-order valence-corrected chi connectivity index (χ4v) is 4.34. The highest BCUT2D eigenvalue weighted by Gasteiger charge is 2.22. The molecule has 1 N–H and O–H groups in total. The molecular formula is C16H18BrNO4S. The van der Waals surface area contributed by atoms with E-state index in [0.29, 0.717) is 21.7 Å². The maximum atomic E-state index is 12.7. The molecule has 0 fully saturated rings. The molecule has 124 valence electrons. The Morgan fingerprint density at radius 3 is 2.17 bits per heavy atom. The number of anilines is 1. The maximum absolute atomic E-state index is 12.7. The molecule has 0 saturated carbocycles. The number of sulfonamides is 1. The van der Waals surface area contributed by atoms with Gasteiger partial charge in [0.2, 0.25) is 0 Å². The van der Waals surface area contributed by atoms with Crippen molar-refractivity contribution >= 4 is 31.6 Å². The van der Waals surface area contributed by atoms with Crippen molar-refractivity contribution in [2.75, 3.05) is 18.9 Å². The van der Waals surface area contributed by atoms with Gasteiger partial charge in [-0.2, -0.15) is 0 Å². The molecule has 7 heteroatoms. The van der Waals surface area contributed by atoms with Gasteiger partial charge in [0.05, 0.1) is 19.9 Å². The van der Waals surface area contributed by atoms with Crippen LogP contribution in [0.1, 0.15) is 11.1 Å². The number of benzene rings is 2. The van der Waals surface area contributed by atoms with Crippen LogP contribution < -0.4 is 14.2 Å². The second-order valence-electron chi connectivity index (χ2n) is 5.06. The highest BCUT2D eigenvalue weighted by molar-refractivity contribution is 9.10. The Morgan fingerprint density at radius 2 is 1.61 bits per heavy atom. The van der Waals surface area contributed by atoms with Crippen molar-refractivity contribution in [1.29, 1.82) is 0 Å². The fourth-order valence-electron chi connectivity index (χ4n) is 2.17. The molecule has 0 aliphatic heterocycles. The van der Waals surface area contributed by atoms with E-state index in [2.05, 4.69) is 20.7 Å². The van der Waals surface area contributed by atoms with Crippen LogP contribution in [0.2, 0.25) is 0 Å². The number of hydrogen-bond acceptors (Lipinski definition) is 4. The summed E-state index contributed by atoms with van der Waals surface area (Å²) < 4.78 is 38.7. The van der Waals surface area contributed by atoms with Crippen LogP contribution in [0.5, 0.6) is 11.5 Å². The van der Waals surface area contributed by atoms with Crippen LogP contribution in [0, 0.1) is 13.8 Å². The van der Waals surface area contributed by atoms with Gasteiger partial charge in [-0.05, 0) is 47.5 Å². The molecule has 23 heavy (non-hydrogen) atoms. The van der Waals surface area contributed by atoms with Gasteiger partial charge < -0.3 is 9.47 Å². The molecular weight excluding hydrogens is 382 g/mol. The predicted octanol–water partition coefficient (Wildman–Crippen LogP) is 3.88. The Hall–Kier alpha value is -1.73. The molecule has 0 unspecified atom stereocenters. The molecule has 0 aliphatic rings.